The summed E-state index contributed by atoms with van der Waals surface area (Å²) in [7, 11) is -2.80. The lowest BCUT2D eigenvalue weighted by Crippen LogP contribution is -2.68. The number of fused-ring (bicyclic) bond motifs is 1. The van der Waals surface area contributed by atoms with Crippen LogP contribution >= 0.6 is 0 Å². The number of benzene rings is 2. The molecule has 2 saturated heterocycles. The lowest BCUT2D eigenvalue weighted by molar-refractivity contribution is -0.173. The summed E-state index contributed by atoms with van der Waals surface area (Å²) >= 11 is 0. The second-order valence-electron chi connectivity index (χ2n) is 15.0. The third-order valence-corrected chi connectivity index (χ3v) is 16.7. The van der Waals surface area contributed by atoms with Crippen LogP contribution in [0, 0.1) is 22.7 Å². The van der Waals surface area contributed by atoms with Gasteiger partial charge in [-0.05, 0) is 64.8 Å². The molecule has 0 radical (unpaired) electrons. The number of epoxide rings is 1. The number of aliphatic hydroxyl groups excluding tert-OH is 2. The summed E-state index contributed by atoms with van der Waals surface area (Å²) in [5.74, 6) is -0.0365. The Bertz CT molecular complexity index is 1310. The van der Waals surface area contributed by atoms with E-state index in [0.29, 0.717) is 25.0 Å². The Kier molecular flexibility index (Phi) is 7.82. The summed E-state index contributed by atoms with van der Waals surface area (Å²) in [6.45, 7) is 12.7. The molecule has 2 aliphatic carbocycles. The van der Waals surface area contributed by atoms with E-state index in [0.717, 1.165) is 25.9 Å². The molecule has 7 heteroatoms. The molecule has 0 bridgehead atoms. The van der Waals surface area contributed by atoms with Crippen molar-refractivity contribution in [3.8, 4) is 0 Å². The fourth-order valence-electron chi connectivity index (χ4n) is 9.25. The van der Waals surface area contributed by atoms with E-state index in [4.69, 9.17) is 13.9 Å². The highest BCUT2D eigenvalue weighted by molar-refractivity contribution is 6.99. The molecule has 4 aliphatic rings. The van der Waals surface area contributed by atoms with Crippen LogP contribution in [0.4, 0.5) is 0 Å². The zero-order valence-corrected chi connectivity index (χ0v) is 27.3. The van der Waals surface area contributed by atoms with Crippen molar-refractivity contribution in [3.63, 3.8) is 0 Å². The van der Waals surface area contributed by atoms with Crippen molar-refractivity contribution in [2.24, 2.45) is 22.7 Å². The normalized spacial score (nSPS) is 36.9. The zero-order valence-electron chi connectivity index (χ0n) is 26.3. The van der Waals surface area contributed by atoms with Crippen molar-refractivity contribution in [2.45, 2.75) is 89.6 Å². The zero-order chi connectivity index (χ0) is 30.7. The Balaban J connectivity index is 1.37. The maximum atomic E-state index is 12.3. The van der Waals surface area contributed by atoms with Gasteiger partial charge in [-0.15, -0.1) is 0 Å². The van der Waals surface area contributed by atoms with Crippen LogP contribution in [-0.4, -0.2) is 62.1 Å². The molecule has 2 aromatic carbocycles. The van der Waals surface area contributed by atoms with Crippen LogP contribution in [0.3, 0.4) is 0 Å². The van der Waals surface area contributed by atoms with Gasteiger partial charge in [0.05, 0.1) is 23.9 Å². The Morgan fingerprint density at radius 3 is 2.09 bits per heavy atom. The molecule has 7 atom stereocenters. The van der Waals surface area contributed by atoms with Crippen LogP contribution in [0.25, 0.3) is 0 Å². The number of aliphatic hydroxyl groups is 2. The fraction of sp³-hybridized carbons (Fsp3) is 0.583. The quantitative estimate of drug-likeness (QED) is 0.205. The van der Waals surface area contributed by atoms with Crippen molar-refractivity contribution in [3.05, 3.63) is 72.3 Å². The second kappa shape index (κ2) is 11.0. The second-order valence-corrected chi connectivity index (χ2v) is 19.3. The number of hydrogen-bond donors (Lipinski definition) is 2. The van der Waals surface area contributed by atoms with Crippen LogP contribution in [0.2, 0.25) is 5.04 Å². The summed E-state index contributed by atoms with van der Waals surface area (Å²) < 4.78 is 18.8. The molecule has 6 nitrogen and oxygen atoms in total. The molecule has 1 spiro atoms. The first-order valence-electron chi connectivity index (χ1n) is 16.0. The molecule has 0 aromatic heterocycles. The average molecular weight is 605 g/mol. The Labute approximate surface area is 257 Å². The lowest BCUT2D eigenvalue weighted by Gasteiger charge is -2.61. The molecule has 2 saturated carbocycles. The number of ether oxygens (including phenoxy) is 2. The van der Waals surface area contributed by atoms with Gasteiger partial charge in [-0.25, -0.2) is 4.79 Å². The minimum atomic E-state index is -2.80. The third kappa shape index (κ3) is 4.96. The number of carbonyl (C=O) groups excluding carboxylic acids is 1. The maximum Gasteiger partial charge on any atom is 0.336 e. The third-order valence-electron chi connectivity index (χ3n) is 11.7. The number of carbonyl (C=O) groups is 1. The van der Waals surface area contributed by atoms with E-state index >= 15 is 0 Å². The van der Waals surface area contributed by atoms with E-state index in [9.17, 15) is 15.0 Å². The van der Waals surface area contributed by atoms with Gasteiger partial charge in [-0.2, -0.15) is 0 Å². The predicted octanol–water partition coefficient (Wildman–Crippen LogP) is 4.76. The number of esters is 1. The minimum Gasteiger partial charge on any atom is -0.459 e. The molecule has 1 unspecified atom stereocenters. The molecular formula is C36H48O6Si. The van der Waals surface area contributed by atoms with Gasteiger partial charge in [-0.1, -0.05) is 101 Å². The van der Waals surface area contributed by atoms with Gasteiger partial charge in [0.2, 0.25) is 0 Å². The topological polar surface area (TPSA) is 88.5 Å². The van der Waals surface area contributed by atoms with Crippen molar-refractivity contribution in [2.75, 3.05) is 19.8 Å². The first-order chi connectivity index (χ1) is 20.4. The van der Waals surface area contributed by atoms with Crippen molar-refractivity contribution >= 4 is 24.7 Å². The van der Waals surface area contributed by atoms with E-state index in [1.165, 1.54) is 10.4 Å². The van der Waals surface area contributed by atoms with E-state index in [1.54, 1.807) is 0 Å². The number of hydrogen-bond acceptors (Lipinski definition) is 6. The molecular weight excluding hydrogens is 556 g/mol. The van der Waals surface area contributed by atoms with Crippen molar-refractivity contribution in [1.82, 2.24) is 0 Å². The predicted molar refractivity (Wildman–Crippen MR) is 170 cm³/mol. The molecule has 0 amide bonds. The van der Waals surface area contributed by atoms with E-state index in [-0.39, 0.29) is 34.5 Å². The standard InChI is InChI=1S/C36H48O6Si/c1-33(2,3)43(25-12-8-6-9-13-25,26-14-10-7-11-15-26)42-23-35(5)29-18-21-36(24-41-36)30(34(29,4)20-19-31(35)38)17-16-27-28(37)22-40-32(27)39/h6-16,28-31,37-38H,17-24H2,1-5H3/b27-16+/t28-,29?,30+,31-,34-,35+,36-/m1/s1. The monoisotopic (exact) mass is 604 g/mol. The number of cyclic esters (lactones) is 1. The van der Waals surface area contributed by atoms with Gasteiger partial charge in [0.1, 0.15) is 12.7 Å². The molecule has 2 aliphatic heterocycles. The summed E-state index contributed by atoms with van der Waals surface area (Å²) in [5.41, 5.74) is -0.414. The first kappa shape index (κ1) is 30.7. The smallest absolute Gasteiger partial charge is 0.336 e. The Morgan fingerprint density at radius 1 is 0.977 bits per heavy atom. The highest BCUT2D eigenvalue weighted by Crippen LogP contribution is 2.66. The molecule has 2 N–H and O–H groups in total. The summed E-state index contributed by atoms with van der Waals surface area (Å²) in [4.78, 5) is 12.3. The van der Waals surface area contributed by atoms with Crippen LogP contribution < -0.4 is 10.4 Å². The molecule has 43 heavy (non-hydrogen) atoms. The maximum absolute atomic E-state index is 12.3. The van der Waals surface area contributed by atoms with Gasteiger partial charge < -0.3 is 24.1 Å². The van der Waals surface area contributed by atoms with Crippen LogP contribution in [0.5, 0.6) is 0 Å². The average Bonchev–Trinajstić information content (AvgIpc) is 3.68. The lowest BCUT2D eigenvalue weighted by atomic mass is 9.45. The first-order valence-corrected chi connectivity index (χ1v) is 17.9. The highest BCUT2D eigenvalue weighted by Gasteiger charge is 2.67. The molecule has 4 fully saturated rings. The number of rotatable bonds is 7. The van der Waals surface area contributed by atoms with Crippen molar-refractivity contribution in [1.29, 1.82) is 0 Å². The van der Waals surface area contributed by atoms with Gasteiger partial charge in [0, 0.05) is 12.0 Å². The Hall–Kier alpha value is -2.29. The van der Waals surface area contributed by atoms with Crippen LogP contribution in [0.15, 0.2) is 72.3 Å². The van der Waals surface area contributed by atoms with Gasteiger partial charge in [-0.3, -0.25) is 0 Å². The van der Waals surface area contributed by atoms with Crippen molar-refractivity contribution < 1.29 is 28.9 Å². The fourth-order valence-corrected chi connectivity index (χ4v) is 13.9. The van der Waals surface area contributed by atoms with E-state index in [1.807, 2.05) is 6.08 Å². The summed E-state index contributed by atoms with van der Waals surface area (Å²) in [6.07, 6.45) is 4.68. The molecule has 6 rings (SSSR count). The molecule has 2 aromatic rings. The summed E-state index contributed by atoms with van der Waals surface area (Å²) in [5, 5.41) is 24.5. The minimum absolute atomic E-state index is 0.0285. The van der Waals surface area contributed by atoms with E-state index < -0.39 is 31.9 Å². The Morgan fingerprint density at radius 2 is 1.58 bits per heavy atom. The van der Waals surface area contributed by atoms with Gasteiger partial charge in [0.25, 0.3) is 8.32 Å². The number of allylic oxidation sites excluding steroid dienone is 1. The van der Waals surface area contributed by atoms with Gasteiger partial charge >= 0.3 is 5.97 Å². The summed E-state index contributed by atoms with van der Waals surface area (Å²) in [6, 6.07) is 21.4. The SMILES string of the molecule is CC(C)(C)[Si](OC[C@@]1(C)C2CC[C@@]3(CO3)[C@@H](C/C=C3/C(=O)OC[C@H]3O)[C@]2(C)CC[C@H]1O)(c1ccccc1)c1ccccc1. The molecule has 2 heterocycles. The van der Waals surface area contributed by atoms with E-state index in [2.05, 4.69) is 95.3 Å². The van der Waals surface area contributed by atoms with Crippen LogP contribution in [-0.2, 0) is 18.7 Å². The van der Waals surface area contributed by atoms with Gasteiger partial charge in [0.15, 0.2) is 0 Å². The van der Waals surface area contributed by atoms with Crippen LogP contribution in [0.1, 0.15) is 66.7 Å². The largest absolute Gasteiger partial charge is 0.459 e. The molecule has 232 valence electrons. The highest BCUT2D eigenvalue weighted by atomic mass is 28.4.